The van der Waals surface area contributed by atoms with Crippen molar-refractivity contribution in [2.75, 3.05) is 19.0 Å². The number of carboxylic acid groups (broad SMARTS) is 1. The van der Waals surface area contributed by atoms with Gasteiger partial charge in [0.15, 0.2) is 5.17 Å². The Bertz CT molecular complexity index is 256. The van der Waals surface area contributed by atoms with Crippen LogP contribution in [0.2, 0.25) is 0 Å². The second kappa shape index (κ2) is 3.55. The van der Waals surface area contributed by atoms with Crippen LogP contribution in [0, 0.1) is 5.92 Å². The van der Waals surface area contributed by atoms with Gasteiger partial charge in [0.1, 0.15) is 0 Å². The van der Waals surface area contributed by atoms with Crippen LogP contribution >= 0.6 is 11.8 Å². The van der Waals surface area contributed by atoms with Crippen molar-refractivity contribution in [1.82, 2.24) is 5.32 Å². The smallest absolute Gasteiger partial charge is 0.410 e. The molecule has 72 valence electrons. The van der Waals surface area contributed by atoms with Crippen molar-refractivity contribution in [2.45, 2.75) is 6.04 Å². The Balaban J connectivity index is 2.01. The molecule has 0 aromatic carbocycles. The summed E-state index contributed by atoms with van der Waals surface area (Å²) in [5, 5.41) is 11.2. The van der Waals surface area contributed by atoms with Crippen LogP contribution in [-0.4, -0.2) is 41.4 Å². The summed E-state index contributed by atoms with van der Waals surface area (Å²) < 4.78 is 5.25. The number of nitrogens with one attached hydrogen (secondary N) is 1. The molecule has 2 unspecified atom stereocenters. The molecule has 1 saturated heterocycles. The maximum atomic E-state index is 10.3. The van der Waals surface area contributed by atoms with Crippen molar-refractivity contribution in [3.8, 4) is 0 Å². The number of nitrogens with zero attached hydrogens (tertiary/aromatic N) is 1. The lowest BCUT2D eigenvalue weighted by Gasteiger charge is -2.20. The number of carbonyl (C=O) groups is 1. The first-order valence-electron chi connectivity index (χ1n) is 4.04. The zero-order valence-electron chi connectivity index (χ0n) is 6.90. The van der Waals surface area contributed by atoms with Crippen LogP contribution in [-0.2, 0) is 4.74 Å². The van der Waals surface area contributed by atoms with E-state index in [-0.39, 0.29) is 6.04 Å². The van der Waals surface area contributed by atoms with Crippen molar-refractivity contribution in [3.63, 3.8) is 0 Å². The Labute approximate surface area is 79.6 Å². The minimum atomic E-state index is -1.05. The fourth-order valence-corrected chi connectivity index (χ4v) is 2.48. The molecule has 5 nitrogen and oxygen atoms in total. The summed E-state index contributed by atoms with van der Waals surface area (Å²) in [7, 11) is 0. The molecule has 0 aromatic rings. The number of hydrogen-bond donors (Lipinski definition) is 2. The van der Waals surface area contributed by atoms with Gasteiger partial charge in [-0.15, -0.1) is 0 Å². The second-order valence-corrected chi connectivity index (χ2v) is 4.05. The highest BCUT2D eigenvalue weighted by Gasteiger charge is 2.32. The molecule has 2 aliphatic heterocycles. The highest BCUT2D eigenvalue weighted by molar-refractivity contribution is 8.13. The molecule has 2 rings (SSSR count). The summed E-state index contributed by atoms with van der Waals surface area (Å²) in [6.45, 7) is 1.37. The first-order chi connectivity index (χ1) is 6.25. The minimum absolute atomic E-state index is 0.156. The SMILES string of the molecule is O=C(O)NC1=NC2COCC2CS1. The summed E-state index contributed by atoms with van der Waals surface area (Å²) in [6, 6.07) is 0.156. The molecule has 2 atom stereocenters. The predicted octanol–water partition coefficient (Wildman–Crippen LogP) is 0.372. The Kier molecular flexibility index (Phi) is 2.41. The van der Waals surface area contributed by atoms with E-state index < -0.39 is 6.09 Å². The highest BCUT2D eigenvalue weighted by Crippen LogP contribution is 2.27. The maximum Gasteiger partial charge on any atom is 0.410 e. The molecule has 13 heavy (non-hydrogen) atoms. The van der Waals surface area contributed by atoms with Gasteiger partial charge in [-0.1, -0.05) is 11.8 Å². The number of ether oxygens (including phenoxy) is 1. The van der Waals surface area contributed by atoms with Crippen LogP contribution in [0.1, 0.15) is 0 Å². The number of fused-ring (bicyclic) bond motifs is 1. The maximum absolute atomic E-state index is 10.3. The summed E-state index contributed by atoms with van der Waals surface area (Å²) >= 11 is 1.45. The van der Waals surface area contributed by atoms with E-state index in [1.165, 1.54) is 11.8 Å². The number of aliphatic imine (C=N–C) groups is 1. The number of rotatable bonds is 0. The quantitative estimate of drug-likeness (QED) is 0.595. The summed E-state index contributed by atoms with van der Waals surface area (Å²) in [5.74, 6) is 1.35. The normalized spacial score (nSPS) is 32.2. The van der Waals surface area contributed by atoms with Gasteiger partial charge in [0.25, 0.3) is 0 Å². The van der Waals surface area contributed by atoms with E-state index in [9.17, 15) is 4.79 Å². The Morgan fingerprint density at radius 2 is 2.54 bits per heavy atom. The van der Waals surface area contributed by atoms with Crippen molar-refractivity contribution < 1.29 is 14.6 Å². The molecule has 0 radical (unpaired) electrons. The molecule has 0 spiro atoms. The van der Waals surface area contributed by atoms with E-state index in [1.54, 1.807) is 0 Å². The van der Waals surface area contributed by atoms with Gasteiger partial charge in [0, 0.05) is 11.7 Å². The highest BCUT2D eigenvalue weighted by atomic mass is 32.2. The monoisotopic (exact) mass is 202 g/mol. The zero-order valence-corrected chi connectivity index (χ0v) is 7.71. The molecule has 0 aromatic heterocycles. The predicted molar refractivity (Wildman–Crippen MR) is 49.2 cm³/mol. The van der Waals surface area contributed by atoms with Gasteiger partial charge in [-0.05, 0) is 0 Å². The second-order valence-electron chi connectivity index (χ2n) is 3.04. The van der Waals surface area contributed by atoms with Crippen molar-refractivity contribution in [3.05, 3.63) is 0 Å². The molecule has 6 heteroatoms. The zero-order chi connectivity index (χ0) is 9.26. The van der Waals surface area contributed by atoms with E-state index in [0.717, 1.165) is 12.4 Å². The Morgan fingerprint density at radius 1 is 1.69 bits per heavy atom. The number of amidine groups is 1. The molecule has 2 aliphatic rings. The van der Waals surface area contributed by atoms with E-state index in [2.05, 4.69) is 10.3 Å². The van der Waals surface area contributed by atoms with Gasteiger partial charge in [-0.25, -0.2) is 4.79 Å². The molecule has 0 aliphatic carbocycles. The lowest BCUT2D eigenvalue weighted by molar-refractivity contribution is 0.187. The van der Waals surface area contributed by atoms with Gasteiger partial charge >= 0.3 is 6.09 Å². The van der Waals surface area contributed by atoms with E-state index in [1.807, 2.05) is 0 Å². The largest absolute Gasteiger partial charge is 0.465 e. The van der Waals surface area contributed by atoms with Crippen LogP contribution in [0.5, 0.6) is 0 Å². The summed E-state index contributed by atoms with van der Waals surface area (Å²) in [6.07, 6.45) is -1.05. The van der Waals surface area contributed by atoms with Crippen LogP contribution in [0.4, 0.5) is 4.79 Å². The van der Waals surface area contributed by atoms with E-state index in [0.29, 0.717) is 17.7 Å². The minimum Gasteiger partial charge on any atom is -0.465 e. The van der Waals surface area contributed by atoms with E-state index >= 15 is 0 Å². The van der Waals surface area contributed by atoms with Crippen LogP contribution in [0.3, 0.4) is 0 Å². The van der Waals surface area contributed by atoms with Gasteiger partial charge in [0.05, 0.1) is 19.3 Å². The number of hydrogen-bond acceptors (Lipinski definition) is 4. The summed E-state index contributed by atoms with van der Waals surface area (Å²) in [4.78, 5) is 14.6. The average molecular weight is 202 g/mol. The van der Waals surface area contributed by atoms with E-state index in [4.69, 9.17) is 9.84 Å². The standard InChI is InChI=1S/C7H10N2O3S/c10-7(11)9-6-8-5-2-12-1-4(5)3-13-6/h4-5H,1-3H2,(H,8,9)(H,10,11). The third kappa shape index (κ3) is 1.94. The molecular formula is C7H10N2O3S. The van der Waals surface area contributed by atoms with Crippen LogP contribution in [0.25, 0.3) is 0 Å². The number of thioether (sulfide) groups is 1. The lowest BCUT2D eigenvalue weighted by Crippen LogP contribution is -2.34. The van der Waals surface area contributed by atoms with Gasteiger partial charge < -0.3 is 9.84 Å². The van der Waals surface area contributed by atoms with Gasteiger partial charge in [-0.3, -0.25) is 10.3 Å². The fourth-order valence-electron chi connectivity index (χ4n) is 1.42. The molecular weight excluding hydrogens is 192 g/mol. The topological polar surface area (TPSA) is 70.9 Å². The fraction of sp³-hybridized carbons (Fsp3) is 0.714. The van der Waals surface area contributed by atoms with Crippen molar-refractivity contribution in [2.24, 2.45) is 10.9 Å². The van der Waals surface area contributed by atoms with Gasteiger partial charge in [0.2, 0.25) is 0 Å². The first kappa shape index (κ1) is 8.83. The number of amides is 1. The third-order valence-electron chi connectivity index (χ3n) is 2.10. The lowest BCUT2D eigenvalue weighted by atomic mass is 10.1. The molecule has 1 amide bonds. The van der Waals surface area contributed by atoms with Gasteiger partial charge in [-0.2, -0.15) is 0 Å². The molecule has 1 fully saturated rings. The Hall–Kier alpha value is -0.750. The van der Waals surface area contributed by atoms with Crippen LogP contribution < -0.4 is 5.32 Å². The average Bonchev–Trinajstić information content (AvgIpc) is 2.49. The third-order valence-corrected chi connectivity index (χ3v) is 3.17. The first-order valence-corrected chi connectivity index (χ1v) is 5.02. The molecule has 0 saturated carbocycles. The molecule has 2 N–H and O–H groups in total. The molecule has 2 heterocycles. The summed E-state index contributed by atoms with van der Waals surface area (Å²) in [5.41, 5.74) is 0. The molecule has 0 bridgehead atoms. The van der Waals surface area contributed by atoms with Crippen molar-refractivity contribution in [1.29, 1.82) is 0 Å². The van der Waals surface area contributed by atoms with Crippen LogP contribution in [0.15, 0.2) is 4.99 Å². The van der Waals surface area contributed by atoms with Crippen molar-refractivity contribution >= 4 is 23.0 Å². The Morgan fingerprint density at radius 3 is 3.31 bits per heavy atom.